The van der Waals surface area contributed by atoms with Crippen molar-refractivity contribution in [3.63, 3.8) is 0 Å². The first-order valence-corrected chi connectivity index (χ1v) is 9.15. The van der Waals surface area contributed by atoms with E-state index in [1.165, 1.54) is 16.7 Å². The minimum Gasteiger partial charge on any atom is -0.483 e. The molecule has 0 aromatic heterocycles. The Kier molecular flexibility index (Phi) is 5.83. The van der Waals surface area contributed by atoms with Crippen molar-refractivity contribution in [2.75, 3.05) is 13.7 Å². The van der Waals surface area contributed by atoms with Crippen LogP contribution in [0.5, 0.6) is 5.75 Å². The number of carbonyl (C=O) groups is 2. The lowest BCUT2D eigenvalue weighted by Crippen LogP contribution is -2.23. The standard InChI is InChI=1S/C19H16ClN3O3S/c1-23-18(25)16(27-19(23)22-14-7-4-6-13(20)10-14)9-12-5-2-3-8-15(12)26-11-17(21)24/h2-10H,11H2,1H3,(H2,21,24)/b16-9+,22-19?. The maximum atomic E-state index is 12.6. The third-order valence-corrected chi connectivity index (χ3v) is 4.91. The molecule has 138 valence electrons. The summed E-state index contributed by atoms with van der Waals surface area (Å²) in [4.78, 5) is 30.0. The Bertz CT molecular complexity index is 959. The second kappa shape index (κ2) is 8.28. The highest BCUT2D eigenvalue weighted by Gasteiger charge is 2.30. The first-order chi connectivity index (χ1) is 12.9. The topological polar surface area (TPSA) is 85.0 Å². The van der Waals surface area contributed by atoms with Gasteiger partial charge >= 0.3 is 0 Å². The molecule has 2 aromatic rings. The first kappa shape index (κ1) is 19.0. The summed E-state index contributed by atoms with van der Waals surface area (Å²) in [6.07, 6.45) is 1.71. The number of amides is 2. The van der Waals surface area contributed by atoms with Crippen LogP contribution < -0.4 is 10.5 Å². The van der Waals surface area contributed by atoms with Gasteiger partial charge in [-0.1, -0.05) is 35.9 Å². The summed E-state index contributed by atoms with van der Waals surface area (Å²) < 4.78 is 5.41. The number of benzene rings is 2. The zero-order valence-electron chi connectivity index (χ0n) is 14.4. The normalized spacial score (nSPS) is 17.0. The SMILES string of the molecule is CN1C(=O)/C(=C\c2ccccc2OCC(N)=O)SC1=Nc1cccc(Cl)c1. The summed E-state index contributed by atoms with van der Waals surface area (Å²) in [5.41, 5.74) is 6.46. The van der Waals surface area contributed by atoms with E-state index in [-0.39, 0.29) is 12.5 Å². The highest BCUT2D eigenvalue weighted by atomic mass is 35.5. The Hall–Kier alpha value is -2.77. The molecule has 0 aliphatic carbocycles. The molecule has 0 spiro atoms. The molecular formula is C19H16ClN3O3S. The summed E-state index contributed by atoms with van der Waals surface area (Å²) in [6, 6.07) is 14.2. The second-order valence-corrected chi connectivity index (χ2v) is 7.09. The lowest BCUT2D eigenvalue weighted by Gasteiger charge is -2.08. The van der Waals surface area contributed by atoms with Crippen molar-refractivity contribution < 1.29 is 14.3 Å². The van der Waals surface area contributed by atoms with Crippen LogP contribution >= 0.6 is 23.4 Å². The van der Waals surface area contributed by atoms with Crippen LogP contribution in [0.25, 0.3) is 6.08 Å². The number of carbonyl (C=O) groups excluding carboxylic acids is 2. The van der Waals surface area contributed by atoms with Gasteiger partial charge in [0.05, 0.1) is 10.6 Å². The van der Waals surface area contributed by atoms with Crippen molar-refractivity contribution >= 4 is 52.1 Å². The molecule has 0 radical (unpaired) electrons. The number of aliphatic imine (C=N–C) groups is 1. The minimum absolute atomic E-state index is 0.175. The van der Waals surface area contributed by atoms with E-state index in [1.807, 2.05) is 12.1 Å². The fourth-order valence-corrected chi connectivity index (χ4v) is 3.49. The average Bonchev–Trinajstić information content (AvgIpc) is 2.89. The highest BCUT2D eigenvalue weighted by Crippen LogP contribution is 2.34. The number of thioether (sulfide) groups is 1. The van der Waals surface area contributed by atoms with E-state index in [9.17, 15) is 9.59 Å². The van der Waals surface area contributed by atoms with E-state index in [4.69, 9.17) is 22.1 Å². The third kappa shape index (κ3) is 4.69. The Morgan fingerprint density at radius 2 is 2.07 bits per heavy atom. The molecule has 1 saturated heterocycles. The van der Waals surface area contributed by atoms with Crippen molar-refractivity contribution in [3.05, 3.63) is 64.0 Å². The van der Waals surface area contributed by atoms with Crippen molar-refractivity contribution in [1.82, 2.24) is 4.90 Å². The summed E-state index contributed by atoms with van der Waals surface area (Å²) in [7, 11) is 1.66. The molecule has 6 nitrogen and oxygen atoms in total. The van der Waals surface area contributed by atoms with Gasteiger partial charge in [0.2, 0.25) is 0 Å². The fraction of sp³-hybridized carbons (Fsp3) is 0.105. The van der Waals surface area contributed by atoms with Crippen LogP contribution in [0.2, 0.25) is 5.02 Å². The number of para-hydroxylation sites is 1. The lowest BCUT2D eigenvalue weighted by molar-refractivity contribution is -0.121. The molecule has 0 saturated carbocycles. The quantitative estimate of drug-likeness (QED) is 0.777. The van der Waals surface area contributed by atoms with E-state index in [2.05, 4.69) is 4.99 Å². The number of amidine groups is 1. The van der Waals surface area contributed by atoms with E-state index >= 15 is 0 Å². The number of primary amides is 1. The summed E-state index contributed by atoms with van der Waals surface area (Å²) >= 11 is 7.24. The predicted octanol–water partition coefficient (Wildman–Crippen LogP) is 3.44. The predicted molar refractivity (Wildman–Crippen MR) is 108 cm³/mol. The highest BCUT2D eigenvalue weighted by molar-refractivity contribution is 8.18. The van der Waals surface area contributed by atoms with Gasteiger partial charge in [-0.25, -0.2) is 4.99 Å². The number of rotatable bonds is 5. The minimum atomic E-state index is -0.570. The van der Waals surface area contributed by atoms with Crippen molar-refractivity contribution in [3.8, 4) is 5.75 Å². The van der Waals surface area contributed by atoms with Gasteiger partial charge in [-0.3, -0.25) is 14.5 Å². The Labute approximate surface area is 165 Å². The maximum Gasteiger partial charge on any atom is 0.266 e. The molecule has 8 heteroatoms. The zero-order chi connectivity index (χ0) is 19.4. The molecule has 1 heterocycles. The van der Waals surface area contributed by atoms with Crippen molar-refractivity contribution in [1.29, 1.82) is 0 Å². The molecule has 0 atom stereocenters. The molecule has 27 heavy (non-hydrogen) atoms. The Morgan fingerprint density at radius 1 is 1.30 bits per heavy atom. The Morgan fingerprint density at radius 3 is 2.81 bits per heavy atom. The van der Waals surface area contributed by atoms with E-state index in [1.54, 1.807) is 49.5 Å². The van der Waals surface area contributed by atoms with Crippen LogP contribution in [0.15, 0.2) is 58.4 Å². The summed E-state index contributed by atoms with van der Waals surface area (Å²) in [5, 5.41) is 1.12. The van der Waals surface area contributed by atoms with Crippen molar-refractivity contribution in [2.24, 2.45) is 10.7 Å². The molecule has 3 rings (SSSR count). The van der Waals surface area contributed by atoms with Gasteiger partial charge in [0.1, 0.15) is 5.75 Å². The molecule has 0 unspecified atom stereocenters. The van der Waals surface area contributed by atoms with Crippen LogP contribution in [0.4, 0.5) is 5.69 Å². The van der Waals surface area contributed by atoms with E-state index in [0.29, 0.717) is 32.1 Å². The largest absolute Gasteiger partial charge is 0.483 e. The van der Waals surface area contributed by atoms with E-state index in [0.717, 1.165) is 0 Å². The molecular weight excluding hydrogens is 386 g/mol. The van der Waals surface area contributed by atoms with E-state index < -0.39 is 5.91 Å². The van der Waals surface area contributed by atoms with Crippen LogP contribution in [-0.2, 0) is 9.59 Å². The van der Waals surface area contributed by atoms with Gasteiger partial charge in [0, 0.05) is 17.6 Å². The number of halogens is 1. The molecule has 1 aliphatic heterocycles. The second-order valence-electron chi connectivity index (χ2n) is 5.64. The number of hydrogen-bond acceptors (Lipinski definition) is 5. The average molecular weight is 402 g/mol. The number of likely N-dealkylation sites (N-methyl/N-ethyl adjacent to an activating group) is 1. The van der Waals surface area contributed by atoms with Gasteiger partial charge in [-0.2, -0.15) is 0 Å². The van der Waals surface area contributed by atoms with Gasteiger partial charge in [-0.05, 0) is 42.1 Å². The van der Waals surface area contributed by atoms with Crippen LogP contribution in [0.1, 0.15) is 5.56 Å². The van der Waals surface area contributed by atoms with Crippen molar-refractivity contribution in [2.45, 2.75) is 0 Å². The van der Waals surface area contributed by atoms with Crippen LogP contribution in [0, 0.1) is 0 Å². The first-order valence-electron chi connectivity index (χ1n) is 7.96. The summed E-state index contributed by atoms with van der Waals surface area (Å²) in [6.45, 7) is -0.233. The molecule has 2 N–H and O–H groups in total. The number of nitrogens with zero attached hydrogens (tertiary/aromatic N) is 2. The summed E-state index contributed by atoms with van der Waals surface area (Å²) in [5.74, 6) is -0.273. The van der Waals surface area contributed by atoms with Crippen LogP contribution in [0.3, 0.4) is 0 Å². The monoisotopic (exact) mass is 401 g/mol. The lowest BCUT2D eigenvalue weighted by atomic mass is 10.2. The number of hydrogen-bond donors (Lipinski definition) is 1. The smallest absolute Gasteiger partial charge is 0.266 e. The Balaban J connectivity index is 1.88. The third-order valence-electron chi connectivity index (χ3n) is 3.61. The molecule has 2 amide bonds. The van der Waals surface area contributed by atoms with Crippen LogP contribution in [-0.4, -0.2) is 35.5 Å². The molecule has 1 aliphatic rings. The van der Waals surface area contributed by atoms with Gasteiger partial charge < -0.3 is 10.5 Å². The van der Waals surface area contributed by atoms with Gasteiger partial charge in [0.25, 0.3) is 11.8 Å². The fourth-order valence-electron chi connectivity index (χ4n) is 2.33. The maximum absolute atomic E-state index is 12.6. The zero-order valence-corrected chi connectivity index (χ0v) is 16.0. The number of nitrogens with two attached hydrogens (primary N) is 1. The number of ether oxygens (including phenoxy) is 1. The van der Waals surface area contributed by atoms with Gasteiger partial charge in [-0.15, -0.1) is 0 Å². The van der Waals surface area contributed by atoms with Gasteiger partial charge in [0.15, 0.2) is 11.8 Å². The molecule has 1 fully saturated rings. The molecule has 2 aromatic carbocycles. The molecule has 0 bridgehead atoms.